The number of benzene rings is 2. The first kappa shape index (κ1) is 28.2. The topological polar surface area (TPSA) is 59.0 Å². The third kappa shape index (κ3) is 7.79. The van der Waals surface area contributed by atoms with E-state index >= 15 is 0 Å². The van der Waals surface area contributed by atoms with Crippen LogP contribution in [0, 0.1) is 24.4 Å². The van der Waals surface area contributed by atoms with E-state index in [0.717, 1.165) is 37.1 Å². The Bertz CT molecular complexity index is 1030. The summed E-state index contributed by atoms with van der Waals surface area (Å²) in [6, 6.07) is 7.69. The molecule has 0 aromatic heterocycles. The maximum atomic E-state index is 14.0. The van der Waals surface area contributed by atoms with E-state index in [4.69, 9.17) is 9.47 Å². The summed E-state index contributed by atoms with van der Waals surface area (Å²) in [4.78, 5) is 13.9. The second-order valence-electron chi connectivity index (χ2n) is 9.48. The smallest absolute Gasteiger partial charge is 0.306 e. The number of ether oxygens (including phenoxy) is 2. The van der Waals surface area contributed by atoms with Gasteiger partial charge in [-0.25, -0.2) is 13.2 Å². The first-order chi connectivity index (χ1) is 17.2. The zero-order chi connectivity index (χ0) is 26.2. The normalized spacial score (nSPS) is 17.8. The van der Waals surface area contributed by atoms with Crippen LogP contribution < -0.4 is 0 Å². The fraction of sp³-hybridized carbons (Fsp3) is 0.536. The van der Waals surface area contributed by atoms with E-state index in [1.807, 2.05) is 6.07 Å². The van der Waals surface area contributed by atoms with Crippen molar-refractivity contribution in [3.63, 3.8) is 0 Å². The third-order valence-corrected chi connectivity index (χ3v) is 6.71. The first-order valence-electron chi connectivity index (χ1n) is 12.6. The molecule has 0 aliphatic carbocycles. The molecule has 2 aromatic carbocycles. The minimum Gasteiger partial charge on any atom is -0.466 e. The van der Waals surface area contributed by atoms with Gasteiger partial charge in [0, 0.05) is 19.0 Å². The first-order valence-corrected chi connectivity index (χ1v) is 12.6. The van der Waals surface area contributed by atoms with E-state index < -0.39 is 29.8 Å². The predicted octanol–water partition coefficient (Wildman–Crippen LogP) is 5.05. The van der Waals surface area contributed by atoms with Gasteiger partial charge in [-0.1, -0.05) is 12.1 Å². The van der Waals surface area contributed by atoms with Gasteiger partial charge in [-0.15, -0.1) is 0 Å². The van der Waals surface area contributed by atoms with Crippen molar-refractivity contribution in [3.8, 4) is 0 Å². The fourth-order valence-electron chi connectivity index (χ4n) is 4.74. The molecule has 1 fully saturated rings. The number of aliphatic hydroxyl groups excluding tert-OH is 1. The van der Waals surface area contributed by atoms with Crippen LogP contribution in [-0.4, -0.2) is 54.4 Å². The largest absolute Gasteiger partial charge is 0.466 e. The maximum absolute atomic E-state index is 14.0. The zero-order valence-corrected chi connectivity index (χ0v) is 21.2. The Morgan fingerprint density at radius 1 is 1.17 bits per heavy atom. The Morgan fingerprint density at radius 3 is 2.64 bits per heavy atom. The summed E-state index contributed by atoms with van der Waals surface area (Å²) < 4.78 is 52.5. The van der Waals surface area contributed by atoms with E-state index in [-0.39, 0.29) is 37.9 Å². The zero-order valence-electron chi connectivity index (χ0n) is 21.2. The van der Waals surface area contributed by atoms with Gasteiger partial charge in [-0.05, 0) is 93.5 Å². The lowest BCUT2D eigenvalue weighted by Crippen LogP contribution is -2.39. The van der Waals surface area contributed by atoms with Crippen LogP contribution in [0.15, 0.2) is 30.3 Å². The molecule has 1 heterocycles. The molecule has 3 atom stereocenters. The number of hydrogen-bond acceptors (Lipinski definition) is 5. The lowest BCUT2D eigenvalue weighted by Gasteiger charge is -2.28. The standard InChI is InChI=1S/C28H36F3NO4/c1-4-35-28(34)10-9-21-14-26(30)27(31)15-24(21)19(3)36-17-23(33)16-32-11-5-6-22(32)12-20-8-7-18(2)25(29)13-20/h7-8,13-15,19,22-23,33H,4-6,9-12,16-17H2,1-3H3/t19-,22+,23-/m1/s1. The number of aryl methyl sites for hydroxylation is 2. The molecule has 0 saturated carbocycles. The highest BCUT2D eigenvalue weighted by molar-refractivity contribution is 5.69. The molecule has 0 radical (unpaired) electrons. The number of likely N-dealkylation sites (tertiary alicyclic amines) is 1. The van der Waals surface area contributed by atoms with Gasteiger partial charge in [0.1, 0.15) is 5.82 Å². The SMILES string of the molecule is CCOC(=O)CCc1cc(F)c(F)cc1[C@@H](C)OC[C@H](O)CN1CCC[C@H]1Cc1ccc(C)c(F)c1. The van der Waals surface area contributed by atoms with Gasteiger partial charge in [-0.2, -0.15) is 0 Å². The van der Waals surface area contributed by atoms with Crippen LogP contribution in [0.25, 0.3) is 0 Å². The van der Waals surface area contributed by atoms with Crippen molar-refractivity contribution < 1.29 is 32.5 Å². The van der Waals surface area contributed by atoms with Crippen molar-refractivity contribution >= 4 is 5.97 Å². The van der Waals surface area contributed by atoms with Crippen LogP contribution >= 0.6 is 0 Å². The third-order valence-electron chi connectivity index (χ3n) is 6.71. The van der Waals surface area contributed by atoms with Crippen LogP contribution in [0.2, 0.25) is 0 Å². The van der Waals surface area contributed by atoms with Crippen molar-refractivity contribution in [2.75, 3.05) is 26.3 Å². The Morgan fingerprint density at radius 2 is 1.92 bits per heavy atom. The summed E-state index contributed by atoms with van der Waals surface area (Å²) in [5.41, 5.74) is 2.46. The molecule has 1 saturated heterocycles. The van der Waals surface area contributed by atoms with E-state index in [1.54, 1.807) is 32.9 Å². The summed E-state index contributed by atoms with van der Waals surface area (Å²) in [6.45, 7) is 6.65. The van der Waals surface area contributed by atoms with Crippen molar-refractivity contribution in [3.05, 3.63) is 70.0 Å². The van der Waals surface area contributed by atoms with Crippen molar-refractivity contribution in [1.29, 1.82) is 0 Å². The lowest BCUT2D eigenvalue weighted by atomic mass is 9.98. The monoisotopic (exact) mass is 507 g/mol. The Labute approximate surface area is 211 Å². The van der Waals surface area contributed by atoms with Crippen molar-refractivity contribution in [2.24, 2.45) is 0 Å². The Balaban J connectivity index is 1.56. The molecule has 0 bridgehead atoms. The van der Waals surface area contributed by atoms with Gasteiger partial charge >= 0.3 is 5.97 Å². The highest BCUT2D eigenvalue weighted by Crippen LogP contribution is 2.27. The fourth-order valence-corrected chi connectivity index (χ4v) is 4.74. The molecule has 5 nitrogen and oxygen atoms in total. The summed E-state index contributed by atoms with van der Waals surface area (Å²) in [5, 5.41) is 10.7. The van der Waals surface area contributed by atoms with E-state index in [2.05, 4.69) is 4.90 Å². The molecule has 8 heteroatoms. The van der Waals surface area contributed by atoms with Crippen LogP contribution in [0.1, 0.15) is 61.5 Å². The Kier molecular flexibility index (Phi) is 10.3. The average Bonchev–Trinajstić information content (AvgIpc) is 3.26. The van der Waals surface area contributed by atoms with Gasteiger partial charge in [0.25, 0.3) is 0 Å². The molecule has 2 aromatic rings. The Hall–Kier alpha value is -2.42. The second-order valence-corrected chi connectivity index (χ2v) is 9.48. The maximum Gasteiger partial charge on any atom is 0.306 e. The van der Waals surface area contributed by atoms with Crippen molar-refractivity contribution in [1.82, 2.24) is 4.90 Å². The predicted molar refractivity (Wildman–Crippen MR) is 131 cm³/mol. The minimum absolute atomic E-state index is 0.0137. The molecule has 36 heavy (non-hydrogen) atoms. The average molecular weight is 508 g/mol. The number of esters is 1. The minimum atomic E-state index is -0.992. The highest BCUT2D eigenvalue weighted by atomic mass is 19.2. The number of carbonyl (C=O) groups excluding carboxylic acids is 1. The van der Waals surface area contributed by atoms with E-state index in [1.165, 1.54) is 0 Å². The molecule has 1 aliphatic heterocycles. The summed E-state index contributed by atoms with van der Waals surface area (Å²) in [6.07, 6.45) is 1.52. The molecule has 0 unspecified atom stereocenters. The number of carbonyl (C=O) groups is 1. The van der Waals surface area contributed by atoms with Crippen molar-refractivity contribution in [2.45, 2.75) is 71.1 Å². The van der Waals surface area contributed by atoms with Gasteiger partial charge in [-0.3, -0.25) is 9.69 Å². The highest BCUT2D eigenvalue weighted by Gasteiger charge is 2.27. The van der Waals surface area contributed by atoms with Crippen LogP contribution in [0.3, 0.4) is 0 Å². The van der Waals surface area contributed by atoms with Gasteiger partial charge in [0.2, 0.25) is 0 Å². The summed E-state index contributed by atoms with van der Waals surface area (Å²) in [5.74, 6) is -2.60. The molecule has 0 amide bonds. The van der Waals surface area contributed by atoms with Crippen LogP contribution in [0.4, 0.5) is 13.2 Å². The molecular weight excluding hydrogens is 471 g/mol. The molecule has 1 N–H and O–H groups in total. The molecule has 0 spiro atoms. The molecule has 1 aliphatic rings. The van der Waals surface area contributed by atoms with Crippen LogP contribution in [-0.2, 0) is 27.1 Å². The molecule has 198 valence electrons. The molecular formula is C28H36F3NO4. The van der Waals surface area contributed by atoms with Gasteiger partial charge in [0.05, 0.1) is 25.4 Å². The summed E-state index contributed by atoms with van der Waals surface area (Å²) in [7, 11) is 0. The second kappa shape index (κ2) is 13.2. The number of halogens is 3. The van der Waals surface area contributed by atoms with Gasteiger partial charge in [0.15, 0.2) is 11.6 Å². The van der Waals surface area contributed by atoms with E-state index in [0.29, 0.717) is 29.7 Å². The number of rotatable bonds is 12. The lowest BCUT2D eigenvalue weighted by molar-refractivity contribution is -0.143. The molecule has 3 rings (SSSR count). The summed E-state index contributed by atoms with van der Waals surface area (Å²) >= 11 is 0. The quantitative estimate of drug-likeness (QED) is 0.408. The number of aliphatic hydroxyl groups is 1. The number of hydrogen-bond donors (Lipinski definition) is 1. The van der Waals surface area contributed by atoms with Gasteiger partial charge < -0.3 is 14.6 Å². The number of β-amino-alcohol motifs (C(OH)–C–C–N with tert-alkyl or cyclic N) is 1. The van der Waals surface area contributed by atoms with E-state index in [9.17, 15) is 23.1 Å². The number of nitrogens with zero attached hydrogens (tertiary/aromatic N) is 1. The van der Waals surface area contributed by atoms with Crippen LogP contribution in [0.5, 0.6) is 0 Å².